The third kappa shape index (κ3) is 7.11. The highest BCUT2D eigenvalue weighted by molar-refractivity contribution is 5.89. The van der Waals surface area contributed by atoms with Gasteiger partial charge in [-0.2, -0.15) is 0 Å². The maximum absolute atomic E-state index is 10.9. The molecular formula is C14H22O3. The predicted octanol–water partition coefficient (Wildman–Crippen LogP) is 3.00. The van der Waals surface area contributed by atoms with E-state index in [1.807, 2.05) is 13.0 Å². The molecule has 0 N–H and O–H groups in total. The molecule has 1 atom stereocenters. The summed E-state index contributed by atoms with van der Waals surface area (Å²) in [5, 5.41) is 0. The number of unbranched alkanes of at least 4 members (excludes halogenated alkanes) is 1. The first-order valence-corrected chi connectivity index (χ1v) is 6.50. The fourth-order valence-electron chi connectivity index (χ4n) is 1.58. The summed E-state index contributed by atoms with van der Waals surface area (Å²) in [5.41, 5.74) is 2.89. The monoisotopic (exact) mass is 238 g/mol. The maximum atomic E-state index is 10.9. The number of rotatable bonds is 7. The zero-order valence-electron chi connectivity index (χ0n) is 10.6. The van der Waals surface area contributed by atoms with E-state index in [0.717, 1.165) is 32.3 Å². The molecule has 0 aromatic heterocycles. The van der Waals surface area contributed by atoms with Crippen molar-refractivity contribution in [3.05, 3.63) is 17.9 Å². The molecule has 0 aromatic rings. The molecule has 1 heterocycles. The quantitative estimate of drug-likeness (QED) is 0.388. The van der Waals surface area contributed by atoms with E-state index < -0.39 is 0 Å². The van der Waals surface area contributed by atoms with Gasteiger partial charge >= 0.3 is 0 Å². The molecule has 0 aliphatic carbocycles. The molecule has 1 aliphatic rings. The average molecular weight is 238 g/mol. The Hall–Kier alpha value is -0.890. The first-order valence-electron chi connectivity index (χ1n) is 6.50. The Balaban J connectivity index is 2.00. The normalized spacial score (nSPS) is 19.5. The van der Waals surface area contributed by atoms with Crippen molar-refractivity contribution in [2.75, 3.05) is 13.2 Å². The molecule has 17 heavy (non-hydrogen) atoms. The molecule has 0 saturated carbocycles. The highest BCUT2D eigenvalue weighted by atomic mass is 16.7. The van der Waals surface area contributed by atoms with Crippen LogP contribution in [0.2, 0.25) is 0 Å². The molecule has 0 spiro atoms. The zero-order valence-corrected chi connectivity index (χ0v) is 10.6. The fraction of sp³-hybridized carbons (Fsp3) is 0.714. The van der Waals surface area contributed by atoms with Gasteiger partial charge < -0.3 is 9.47 Å². The molecule has 0 amide bonds. The van der Waals surface area contributed by atoms with Gasteiger partial charge in [0.05, 0.1) is 6.61 Å². The maximum Gasteiger partial charge on any atom is 0.163 e. The van der Waals surface area contributed by atoms with Crippen LogP contribution in [0.4, 0.5) is 0 Å². The SMILES string of the molecule is CCC(=O)C=C=CCCCOC1CCCCO1. The predicted molar refractivity (Wildman–Crippen MR) is 66.7 cm³/mol. The Bertz CT molecular complexity index is 271. The molecule has 1 unspecified atom stereocenters. The standard InChI is InChI=1S/C14H22O3/c1-2-13(15)9-5-3-4-7-11-16-14-10-6-8-12-17-14/h3,9,14H,2,4,6-8,10-12H2,1H3. The number of hydrogen-bond donors (Lipinski definition) is 0. The van der Waals surface area contributed by atoms with E-state index in [2.05, 4.69) is 5.73 Å². The second-order valence-electron chi connectivity index (χ2n) is 4.14. The molecule has 1 fully saturated rings. The summed E-state index contributed by atoms with van der Waals surface area (Å²) >= 11 is 0. The smallest absolute Gasteiger partial charge is 0.163 e. The van der Waals surface area contributed by atoms with Crippen LogP contribution in [0, 0.1) is 0 Å². The third-order valence-corrected chi connectivity index (χ3v) is 2.65. The van der Waals surface area contributed by atoms with Gasteiger partial charge in [0, 0.05) is 19.1 Å². The number of carbonyl (C=O) groups is 1. The highest BCUT2D eigenvalue weighted by Crippen LogP contribution is 2.13. The van der Waals surface area contributed by atoms with Crippen LogP contribution in [-0.4, -0.2) is 25.3 Å². The highest BCUT2D eigenvalue weighted by Gasteiger charge is 2.12. The molecule has 0 aromatic carbocycles. The minimum Gasteiger partial charge on any atom is -0.353 e. The van der Waals surface area contributed by atoms with Crippen molar-refractivity contribution in [1.82, 2.24) is 0 Å². The zero-order chi connectivity index (χ0) is 12.3. The lowest BCUT2D eigenvalue weighted by Crippen LogP contribution is -2.22. The molecule has 1 saturated heterocycles. The van der Waals surface area contributed by atoms with Crippen LogP contribution >= 0.6 is 0 Å². The van der Waals surface area contributed by atoms with Crippen LogP contribution in [0.3, 0.4) is 0 Å². The van der Waals surface area contributed by atoms with Crippen LogP contribution in [-0.2, 0) is 14.3 Å². The number of hydrogen-bond acceptors (Lipinski definition) is 3. The second-order valence-corrected chi connectivity index (χ2v) is 4.14. The van der Waals surface area contributed by atoms with E-state index in [1.165, 1.54) is 12.5 Å². The van der Waals surface area contributed by atoms with Crippen LogP contribution in [0.15, 0.2) is 17.9 Å². The first-order chi connectivity index (χ1) is 8.33. The molecule has 1 aliphatic heterocycles. The summed E-state index contributed by atoms with van der Waals surface area (Å²) < 4.78 is 11.0. The van der Waals surface area contributed by atoms with Gasteiger partial charge in [-0.05, 0) is 38.2 Å². The van der Waals surface area contributed by atoms with Gasteiger partial charge in [0.25, 0.3) is 0 Å². The Morgan fingerprint density at radius 2 is 2.41 bits per heavy atom. The molecule has 3 heteroatoms. The van der Waals surface area contributed by atoms with Gasteiger partial charge in [0.2, 0.25) is 0 Å². The van der Waals surface area contributed by atoms with Gasteiger partial charge in [-0.15, -0.1) is 5.73 Å². The summed E-state index contributed by atoms with van der Waals surface area (Å²) in [6.07, 6.45) is 9.14. The van der Waals surface area contributed by atoms with Crippen molar-refractivity contribution in [2.24, 2.45) is 0 Å². The number of allylic oxidation sites excluding steroid dienone is 1. The van der Waals surface area contributed by atoms with Crippen LogP contribution < -0.4 is 0 Å². The van der Waals surface area contributed by atoms with E-state index in [-0.39, 0.29) is 12.1 Å². The van der Waals surface area contributed by atoms with Gasteiger partial charge in [0.15, 0.2) is 12.1 Å². The van der Waals surface area contributed by atoms with E-state index in [1.54, 1.807) is 0 Å². The average Bonchev–Trinajstić information content (AvgIpc) is 2.38. The van der Waals surface area contributed by atoms with Crippen molar-refractivity contribution >= 4 is 5.78 Å². The summed E-state index contributed by atoms with van der Waals surface area (Å²) in [6, 6.07) is 0. The largest absolute Gasteiger partial charge is 0.353 e. The Kier molecular flexibility index (Phi) is 7.65. The topological polar surface area (TPSA) is 35.5 Å². The van der Waals surface area contributed by atoms with E-state index in [9.17, 15) is 4.79 Å². The number of carbonyl (C=O) groups excluding carboxylic acids is 1. The molecule has 0 radical (unpaired) electrons. The third-order valence-electron chi connectivity index (χ3n) is 2.65. The molecule has 3 nitrogen and oxygen atoms in total. The van der Waals surface area contributed by atoms with Gasteiger partial charge in [-0.25, -0.2) is 0 Å². The van der Waals surface area contributed by atoms with Gasteiger partial charge in [0.1, 0.15) is 0 Å². The summed E-state index contributed by atoms with van der Waals surface area (Å²) in [4.78, 5) is 10.9. The Labute approximate surface area is 103 Å². The van der Waals surface area contributed by atoms with Crippen molar-refractivity contribution in [1.29, 1.82) is 0 Å². The second kappa shape index (κ2) is 9.17. The van der Waals surface area contributed by atoms with Gasteiger partial charge in [-0.3, -0.25) is 4.79 Å². The van der Waals surface area contributed by atoms with E-state index in [4.69, 9.17) is 9.47 Å². The van der Waals surface area contributed by atoms with E-state index in [0.29, 0.717) is 13.0 Å². The Morgan fingerprint density at radius 3 is 3.12 bits per heavy atom. The minimum atomic E-state index is 0.00457. The lowest BCUT2D eigenvalue weighted by Gasteiger charge is -2.22. The molecule has 96 valence electrons. The van der Waals surface area contributed by atoms with Crippen molar-refractivity contribution in [3.8, 4) is 0 Å². The number of ketones is 1. The van der Waals surface area contributed by atoms with Crippen LogP contribution in [0.5, 0.6) is 0 Å². The van der Waals surface area contributed by atoms with Crippen LogP contribution in [0.1, 0.15) is 45.4 Å². The van der Waals surface area contributed by atoms with Crippen molar-refractivity contribution in [2.45, 2.75) is 51.7 Å². The summed E-state index contributed by atoms with van der Waals surface area (Å²) in [6.45, 7) is 3.38. The molecule has 0 bridgehead atoms. The van der Waals surface area contributed by atoms with Crippen molar-refractivity contribution < 1.29 is 14.3 Å². The van der Waals surface area contributed by atoms with Crippen LogP contribution in [0.25, 0.3) is 0 Å². The van der Waals surface area contributed by atoms with Crippen molar-refractivity contribution in [3.63, 3.8) is 0 Å². The summed E-state index contributed by atoms with van der Waals surface area (Å²) in [7, 11) is 0. The molecular weight excluding hydrogens is 216 g/mol. The molecule has 1 rings (SSSR count). The summed E-state index contributed by atoms with van der Waals surface area (Å²) in [5.74, 6) is 0.119. The lowest BCUT2D eigenvalue weighted by molar-refractivity contribution is -0.162. The van der Waals surface area contributed by atoms with Gasteiger partial charge in [-0.1, -0.05) is 6.92 Å². The van der Waals surface area contributed by atoms with E-state index >= 15 is 0 Å². The Morgan fingerprint density at radius 1 is 1.53 bits per heavy atom. The first kappa shape index (κ1) is 14.2. The fourth-order valence-corrected chi connectivity index (χ4v) is 1.58. The lowest BCUT2D eigenvalue weighted by atomic mass is 10.2. The minimum absolute atomic E-state index is 0.00457. The number of ether oxygens (including phenoxy) is 2.